The van der Waals surface area contributed by atoms with E-state index < -0.39 is 5.91 Å². The molecule has 0 radical (unpaired) electrons. The summed E-state index contributed by atoms with van der Waals surface area (Å²) >= 11 is 5.04. The smallest absolute Gasteiger partial charge is 0.251 e. The summed E-state index contributed by atoms with van der Waals surface area (Å²) in [6.07, 6.45) is 3.40. The molecule has 0 unspecified atom stereocenters. The van der Waals surface area contributed by atoms with Crippen LogP contribution in [0.25, 0.3) is 32.0 Å². The summed E-state index contributed by atoms with van der Waals surface area (Å²) in [5.41, 5.74) is 9.91. The number of hydrogen-bond donors (Lipinski definition) is 1. The Balaban J connectivity index is 1.80. The second kappa shape index (κ2) is 10.7. The van der Waals surface area contributed by atoms with Crippen LogP contribution in [0.15, 0.2) is 51.6 Å². The number of hydrogen-bond acceptors (Lipinski definition) is 7. The fraction of sp³-hybridized carbons (Fsp3) is 0.250. The summed E-state index contributed by atoms with van der Waals surface area (Å²) in [6, 6.07) is 10.3. The fourth-order valence-corrected chi connectivity index (χ4v) is 6.20. The molecular weight excluding hydrogens is 569 g/mol. The summed E-state index contributed by atoms with van der Waals surface area (Å²) in [5.74, 6) is 0.0422. The van der Waals surface area contributed by atoms with Crippen LogP contribution in [0.5, 0.6) is 0 Å². The van der Waals surface area contributed by atoms with Crippen molar-refractivity contribution < 1.29 is 13.6 Å². The molecule has 0 saturated carbocycles. The monoisotopic (exact) mass is 593 g/mol. The van der Waals surface area contributed by atoms with Crippen LogP contribution >= 0.6 is 27.3 Å². The predicted octanol–water partition coefficient (Wildman–Crippen LogP) is 6.70. The van der Waals surface area contributed by atoms with Crippen molar-refractivity contribution in [1.82, 2.24) is 20.2 Å². The van der Waals surface area contributed by atoms with Gasteiger partial charge in [-0.1, -0.05) is 26.0 Å². The lowest BCUT2D eigenvalue weighted by molar-refractivity contribution is 0.0999. The Hall–Kier alpha value is -3.50. The van der Waals surface area contributed by atoms with Crippen molar-refractivity contribution in [2.45, 2.75) is 40.0 Å². The molecule has 0 atom stereocenters. The minimum atomic E-state index is -0.569. The van der Waals surface area contributed by atoms with E-state index in [1.807, 2.05) is 12.1 Å². The lowest BCUT2D eigenvalue weighted by atomic mass is 9.91. The first-order chi connectivity index (χ1) is 18.2. The number of pyridine rings is 2. The van der Waals surface area contributed by atoms with Crippen LogP contribution in [-0.4, -0.2) is 26.1 Å². The lowest BCUT2D eigenvalue weighted by Crippen LogP contribution is -2.20. The van der Waals surface area contributed by atoms with Gasteiger partial charge in [-0.05, 0) is 76.3 Å². The van der Waals surface area contributed by atoms with Gasteiger partial charge in [0.2, 0.25) is 11.8 Å². The molecular formula is C28H25BrFN5O2S. The van der Waals surface area contributed by atoms with E-state index in [1.54, 1.807) is 25.3 Å². The minimum Gasteiger partial charge on any atom is -0.421 e. The highest BCUT2D eigenvalue weighted by molar-refractivity contribution is 9.10. The molecule has 1 aromatic carbocycles. The van der Waals surface area contributed by atoms with Gasteiger partial charge in [-0.15, -0.1) is 21.5 Å². The maximum absolute atomic E-state index is 13.5. The average Bonchev–Trinajstić information content (AvgIpc) is 3.49. The topological polar surface area (TPSA) is 108 Å². The van der Waals surface area contributed by atoms with Crippen molar-refractivity contribution >= 4 is 43.3 Å². The van der Waals surface area contributed by atoms with E-state index in [-0.39, 0.29) is 17.6 Å². The number of fused-ring (bicyclic) bond motifs is 1. The molecule has 0 aliphatic heterocycles. The maximum Gasteiger partial charge on any atom is 0.251 e. The Labute approximate surface area is 231 Å². The predicted molar refractivity (Wildman–Crippen MR) is 149 cm³/mol. The van der Waals surface area contributed by atoms with E-state index in [9.17, 15) is 9.18 Å². The number of rotatable bonds is 8. The first-order valence-electron chi connectivity index (χ1n) is 12.2. The number of primary amides is 1. The van der Waals surface area contributed by atoms with E-state index in [1.165, 1.54) is 23.5 Å². The molecule has 0 fully saturated rings. The zero-order valence-electron chi connectivity index (χ0n) is 21.1. The summed E-state index contributed by atoms with van der Waals surface area (Å²) in [7, 11) is 0. The zero-order valence-corrected chi connectivity index (χ0v) is 23.5. The van der Waals surface area contributed by atoms with Crippen molar-refractivity contribution in [3.05, 3.63) is 81.4 Å². The van der Waals surface area contributed by atoms with Crippen LogP contribution < -0.4 is 5.73 Å². The zero-order chi connectivity index (χ0) is 27.0. The SMILES string of the molecule is Cc1nnc(-c2c(CCc3ccc(F)cc3)nc(CC(C)C)c(C(N)=O)c2-c2cc3ccnc(Br)c3s2)o1. The molecule has 10 heteroatoms. The van der Waals surface area contributed by atoms with Gasteiger partial charge >= 0.3 is 0 Å². The first-order valence-corrected chi connectivity index (χ1v) is 13.8. The molecule has 0 spiro atoms. The van der Waals surface area contributed by atoms with Crippen LogP contribution in [0, 0.1) is 18.7 Å². The highest BCUT2D eigenvalue weighted by Crippen LogP contribution is 2.44. The molecule has 0 saturated heterocycles. The number of halogens is 2. The van der Waals surface area contributed by atoms with Crippen LogP contribution in [0.4, 0.5) is 4.39 Å². The van der Waals surface area contributed by atoms with Gasteiger partial charge in [0.05, 0.1) is 27.2 Å². The number of carbonyl (C=O) groups is 1. The van der Waals surface area contributed by atoms with Gasteiger partial charge in [0.15, 0.2) is 0 Å². The molecule has 7 nitrogen and oxygen atoms in total. The third kappa shape index (κ3) is 5.23. The Morgan fingerprint density at radius 3 is 2.50 bits per heavy atom. The normalized spacial score (nSPS) is 11.5. The van der Waals surface area contributed by atoms with E-state index in [0.717, 1.165) is 25.1 Å². The van der Waals surface area contributed by atoms with E-state index >= 15 is 0 Å². The molecule has 38 heavy (non-hydrogen) atoms. The van der Waals surface area contributed by atoms with Crippen LogP contribution in [-0.2, 0) is 19.3 Å². The van der Waals surface area contributed by atoms with Crippen molar-refractivity contribution in [2.75, 3.05) is 0 Å². The highest BCUT2D eigenvalue weighted by atomic mass is 79.9. The van der Waals surface area contributed by atoms with E-state index in [0.29, 0.717) is 53.2 Å². The molecule has 4 aromatic heterocycles. The molecule has 5 aromatic rings. The van der Waals surface area contributed by atoms with Crippen LogP contribution in [0.1, 0.15) is 47.0 Å². The van der Waals surface area contributed by atoms with E-state index in [4.69, 9.17) is 15.1 Å². The Kier molecular flexibility index (Phi) is 7.36. The lowest BCUT2D eigenvalue weighted by Gasteiger charge is -2.19. The Morgan fingerprint density at radius 1 is 1.11 bits per heavy atom. The Morgan fingerprint density at radius 2 is 1.87 bits per heavy atom. The molecule has 2 N–H and O–H groups in total. The number of benzene rings is 1. The summed E-state index contributed by atoms with van der Waals surface area (Å²) in [5, 5.41) is 9.35. The molecule has 0 aliphatic rings. The summed E-state index contributed by atoms with van der Waals surface area (Å²) in [4.78, 5) is 23.2. The molecule has 0 bridgehead atoms. The fourth-order valence-electron chi connectivity index (χ4n) is 4.51. The number of nitrogens with zero attached hydrogens (tertiary/aromatic N) is 4. The quantitative estimate of drug-likeness (QED) is 0.200. The average molecular weight is 595 g/mol. The van der Waals surface area contributed by atoms with E-state index in [2.05, 4.69) is 45.0 Å². The first kappa shape index (κ1) is 26.1. The van der Waals surface area contributed by atoms with Crippen molar-refractivity contribution in [1.29, 1.82) is 0 Å². The molecule has 4 heterocycles. The van der Waals surface area contributed by atoms with Gasteiger partial charge in [-0.25, -0.2) is 9.37 Å². The van der Waals surface area contributed by atoms with Gasteiger partial charge in [-0.3, -0.25) is 9.78 Å². The number of carbonyl (C=O) groups excluding carboxylic acids is 1. The van der Waals surface area contributed by atoms with Gasteiger partial charge in [0, 0.05) is 23.6 Å². The number of amides is 1. The maximum atomic E-state index is 13.5. The van der Waals surface area contributed by atoms with Crippen LogP contribution in [0.2, 0.25) is 0 Å². The summed E-state index contributed by atoms with van der Waals surface area (Å²) in [6.45, 7) is 5.86. The van der Waals surface area contributed by atoms with Crippen molar-refractivity contribution in [3.63, 3.8) is 0 Å². The van der Waals surface area contributed by atoms with Gasteiger partial charge in [0.1, 0.15) is 10.4 Å². The van der Waals surface area contributed by atoms with Gasteiger partial charge in [-0.2, -0.15) is 0 Å². The molecule has 5 rings (SSSR count). The highest BCUT2D eigenvalue weighted by Gasteiger charge is 2.29. The van der Waals surface area contributed by atoms with Crippen molar-refractivity contribution in [2.24, 2.45) is 11.7 Å². The number of aromatic nitrogens is 4. The minimum absolute atomic E-state index is 0.232. The third-order valence-corrected chi connectivity index (χ3v) is 8.17. The number of aryl methyl sites for hydroxylation is 3. The molecule has 1 amide bonds. The molecule has 0 aliphatic carbocycles. The van der Waals surface area contributed by atoms with Gasteiger partial charge in [0.25, 0.3) is 5.91 Å². The standard InChI is InChI=1S/C28H25BrFN5O2S/c1-14(2)12-20-22(27(31)36)24(21-13-17-10-11-32-26(29)25(17)38-21)23(28-35-34-15(3)37-28)19(33-20)9-6-16-4-7-18(30)8-5-16/h4-5,7-8,10-11,13-14H,6,9,12H2,1-3H3,(H2,31,36). The summed E-state index contributed by atoms with van der Waals surface area (Å²) < 4.78 is 21.1. The number of thiophene rings is 1. The third-order valence-electron chi connectivity index (χ3n) is 6.14. The van der Waals surface area contributed by atoms with Crippen LogP contribution in [0.3, 0.4) is 0 Å². The largest absolute Gasteiger partial charge is 0.421 e. The van der Waals surface area contributed by atoms with Gasteiger partial charge < -0.3 is 10.2 Å². The number of nitrogens with two attached hydrogens (primary N) is 1. The Bertz CT molecular complexity index is 1650. The second-order valence-corrected chi connectivity index (χ2v) is 11.3. The second-order valence-electron chi connectivity index (χ2n) is 9.48. The van der Waals surface area contributed by atoms with Crippen molar-refractivity contribution in [3.8, 4) is 21.9 Å². The molecule has 194 valence electrons.